The van der Waals surface area contributed by atoms with Crippen LogP contribution in [0.4, 0.5) is 0 Å². The zero-order valence-electron chi connectivity index (χ0n) is 15.6. The Morgan fingerprint density at radius 3 is 2.70 bits per heavy atom. The summed E-state index contributed by atoms with van der Waals surface area (Å²) in [4.78, 5) is 21.7. The molecule has 1 aromatic carbocycles. The van der Waals surface area contributed by atoms with E-state index in [2.05, 4.69) is 49.3 Å². The molecule has 1 aromatic heterocycles. The number of halogens is 1. The summed E-state index contributed by atoms with van der Waals surface area (Å²) in [6.07, 6.45) is 5.36. The van der Waals surface area contributed by atoms with E-state index in [1.807, 2.05) is 6.07 Å². The molecule has 0 aliphatic carbocycles. The van der Waals surface area contributed by atoms with Gasteiger partial charge in [0.1, 0.15) is 5.01 Å². The van der Waals surface area contributed by atoms with Gasteiger partial charge in [-0.2, -0.15) is 0 Å². The highest BCUT2D eigenvalue weighted by Crippen LogP contribution is 2.28. The van der Waals surface area contributed by atoms with Crippen molar-refractivity contribution < 1.29 is 4.79 Å². The van der Waals surface area contributed by atoms with Gasteiger partial charge in [0.2, 0.25) is 5.91 Å². The molecule has 2 aliphatic heterocycles. The molecule has 2 aliphatic rings. The summed E-state index contributed by atoms with van der Waals surface area (Å²) in [5.74, 6) is 0.936. The van der Waals surface area contributed by atoms with Crippen molar-refractivity contribution in [1.82, 2.24) is 14.8 Å². The minimum absolute atomic E-state index is 0.379. The van der Waals surface area contributed by atoms with Crippen molar-refractivity contribution in [2.45, 2.75) is 38.6 Å². The number of carbonyl (C=O) groups is 1. The molecule has 6 heteroatoms. The van der Waals surface area contributed by atoms with Gasteiger partial charge in [-0.25, -0.2) is 4.98 Å². The fourth-order valence-electron chi connectivity index (χ4n) is 4.05. The smallest absolute Gasteiger partial charge is 0.222 e. The standard InChI is InChI=1S/C21H26BrN3OS/c22-18-5-3-4-17(13-18)21-23-19(15-27-21)14-24-10-6-16(7-11-24)12-20(26)25-8-1-2-9-25/h3-5,13,15-16H,1-2,6-12,14H2. The molecule has 4 nitrogen and oxygen atoms in total. The average molecular weight is 448 g/mol. The molecular formula is C21H26BrN3OS. The highest BCUT2D eigenvalue weighted by Gasteiger charge is 2.25. The maximum Gasteiger partial charge on any atom is 0.222 e. The molecule has 0 unspecified atom stereocenters. The first-order chi connectivity index (χ1) is 13.2. The largest absolute Gasteiger partial charge is 0.343 e. The van der Waals surface area contributed by atoms with Crippen LogP contribution >= 0.6 is 27.3 Å². The van der Waals surface area contributed by atoms with Crippen molar-refractivity contribution in [2.75, 3.05) is 26.2 Å². The van der Waals surface area contributed by atoms with E-state index in [4.69, 9.17) is 4.98 Å². The van der Waals surface area contributed by atoms with E-state index in [1.165, 1.54) is 18.4 Å². The van der Waals surface area contributed by atoms with Crippen LogP contribution in [0.2, 0.25) is 0 Å². The van der Waals surface area contributed by atoms with Gasteiger partial charge in [-0.1, -0.05) is 28.1 Å². The summed E-state index contributed by atoms with van der Waals surface area (Å²) < 4.78 is 1.09. The Kier molecular flexibility index (Phi) is 6.25. The lowest BCUT2D eigenvalue weighted by molar-refractivity contribution is -0.131. The number of nitrogens with zero attached hydrogens (tertiary/aromatic N) is 3. The van der Waals surface area contributed by atoms with Gasteiger partial charge in [0.05, 0.1) is 5.69 Å². The second kappa shape index (κ2) is 8.84. The molecule has 2 aromatic rings. The molecule has 0 bridgehead atoms. The number of aromatic nitrogens is 1. The number of carbonyl (C=O) groups excluding carboxylic acids is 1. The molecule has 0 saturated carbocycles. The van der Waals surface area contributed by atoms with Crippen LogP contribution in [-0.2, 0) is 11.3 Å². The molecule has 0 N–H and O–H groups in total. The quantitative estimate of drug-likeness (QED) is 0.660. The maximum absolute atomic E-state index is 12.3. The van der Waals surface area contributed by atoms with E-state index >= 15 is 0 Å². The van der Waals surface area contributed by atoms with Crippen LogP contribution in [0.25, 0.3) is 10.6 Å². The molecule has 3 heterocycles. The zero-order chi connectivity index (χ0) is 18.6. The minimum Gasteiger partial charge on any atom is -0.343 e. The van der Waals surface area contributed by atoms with Gasteiger partial charge in [0.15, 0.2) is 0 Å². The Labute approximate surface area is 173 Å². The SMILES string of the molecule is O=C(CC1CCN(Cc2csc(-c3cccc(Br)c3)n2)CC1)N1CCCC1. The summed E-state index contributed by atoms with van der Waals surface area (Å²) in [5, 5.41) is 3.26. The second-order valence-corrected chi connectivity index (χ2v) is 9.44. The van der Waals surface area contributed by atoms with E-state index in [0.29, 0.717) is 11.8 Å². The number of hydrogen-bond donors (Lipinski definition) is 0. The Morgan fingerprint density at radius 1 is 1.19 bits per heavy atom. The first kappa shape index (κ1) is 19.1. The predicted molar refractivity (Wildman–Crippen MR) is 114 cm³/mol. The van der Waals surface area contributed by atoms with Gasteiger partial charge in [-0.3, -0.25) is 9.69 Å². The molecule has 0 radical (unpaired) electrons. The van der Waals surface area contributed by atoms with Gasteiger partial charge in [-0.15, -0.1) is 11.3 Å². The van der Waals surface area contributed by atoms with E-state index < -0.39 is 0 Å². The third kappa shape index (κ3) is 4.98. The third-order valence-electron chi connectivity index (χ3n) is 5.64. The average Bonchev–Trinajstić information content (AvgIpc) is 3.35. The molecule has 2 fully saturated rings. The summed E-state index contributed by atoms with van der Waals surface area (Å²) in [6, 6.07) is 8.31. The molecule has 4 rings (SSSR count). The Morgan fingerprint density at radius 2 is 1.96 bits per heavy atom. The first-order valence-corrected chi connectivity index (χ1v) is 11.5. The molecule has 2 saturated heterocycles. The van der Waals surface area contributed by atoms with Crippen molar-refractivity contribution in [3.8, 4) is 10.6 Å². The van der Waals surface area contributed by atoms with Gasteiger partial charge < -0.3 is 4.90 Å². The highest BCUT2D eigenvalue weighted by molar-refractivity contribution is 9.10. The van der Waals surface area contributed by atoms with Gasteiger partial charge >= 0.3 is 0 Å². The van der Waals surface area contributed by atoms with Crippen LogP contribution in [0, 0.1) is 5.92 Å². The molecule has 1 amide bonds. The Hall–Kier alpha value is -1.24. The minimum atomic E-state index is 0.379. The lowest BCUT2D eigenvalue weighted by atomic mass is 9.93. The van der Waals surface area contributed by atoms with Crippen LogP contribution in [0.1, 0.15) is 37.8 Å². The van der Waals surface area contributed by atoms with E-state index in [-0.39, 0.29) is 0 Å². The molecule has 27 heavy (non-hydrogen) atoms. The summed E-state index contributed by atoms with van der Waals surface area (Å²) in [6.45, 7) is 5.00. The number of likely N-dealkylation sites (tertiary alicyclic amines) is 2. The predicted octanol–water partition coefficient (Wildman–Crippen LogP) is 4.80. The fraction of sp³-hybridized carbons (Fsp3) is 0.524. The van der Waals surface area contributed by atoms with Crippen molar-refractivity contribution in [3.63, 3.8) is 0 Å². The summed E-state index contributed by atoms with van der Waals surface area (Å²) in [5.41, 5.74) is 2.32. The second-order valence-electron chi connectivity index (χ2n) is 7.67. The van der Waals surface area contributed by atoms with Crippen LogP contribution in [-0.4, -0.2) is 46.9 Å². The summed E-state index contributed by atoms with van der Waals surface area (Å²) >= 11 is 5.25. The maximum atomic E-state index is 12.3. The third-order valence-corrected chi connectivity index (χ3v) is 7.07. The van der Waals surface area contributed by atoms with Crippen molar-refractivity contribution in [2.24, 2.45) is 5.92 Å². The normalized spacial score (nSPS) is 18.9. The Balaban J connectivity index is 1.26. The molecular weight excluding hydrogens is 422 g/mol. The van der Waals surface area contributed by atoms with Gasteiger partial charge in [0.25, 0.3) is 0 Å². The fourth-order valence-corrected chi connectivity index (χ4v) is 5.26. The van der Waals surface area contributed by atoms with E-state index in [0.717, 1.165) is 67.2 Å². The molecule has 144 valence electrons. The monoisotopic (exact) mass is 447 g/mol. The zero-order valence-corrected chi connectivity index (χ0v) is 18.0. The summed E-state index contributed by atoms with van der Waals surface area (Å²) in [7, 11) is 0. The lowest BCUT2D eigenvalue weighted by Crippen LogP contribution is -2.36. The highest BCUT2D eigenvalue weighted by atomic mass is 79.9. The number of thiazole rings is 1. The number of amides is 1. The number of hydrogen-bond acceptors (Lipinski definition) is 4. The molecule has 0 spiro atoms. The van der Waals surface area contributed by atoms with Crippen molar-refractivity contribution in [3.05, 3.63) is 39.8 Å². The number of piperidine rings is 1. The first-order valence-electron chi connectivity index (χ1n) is 9.88. The van der Waals surface area contributed by atoms with Crippen LogP contribution in [0.3, 0.4) is 0 Å². The topological polar surface area (TPSA) is 36.4 Å². The van der Waals surface area contributed by atoms with Crippen LogP contribution < -0.4 is 0 Å². The van der Waals surface area contributed by atoms with Crippen molar-refractivity contribution in [1.29, 1.82) is 0 Å². The lowest BCUT2D eigenvalue weighted by Gasteiger charge is -2.31. The Bertz CT molecular complexity index is 779. The van der Waals surface area contributed by atoms with Gasteiger partial charge in [-0.05, 0) is 56.8 Å². The number of rotatable bonds is 5. The van der Waals surface area contributed by atoms with Crippen LogP contribution in [0.15, 0.2) is 34.1 Å². The van der Waals surface area contributed by atoms with E-state index in [9.17, 15) is 4.79 Å². The number of benzene rings is 1. The van der Waals surface area contributed by atoms with Gasteiger partial charge in [0, 0.05) is 41.5 Å². The van der Waals surface area contributed by atoms with Crippen LogP contribution in [0.5, 0.6) is 0 Å². The molecule has 0 atom stereocenters. The van der Waals surface area contributed by atoms with E-state index in [1.54, 1.807) is 11.3 Å². The van der Waals surface area contributed by atoms with Crippen molar-refractivity contribution >= 4 is 33.2 Å².